The Hall–Kier alpha value is -2.69. The number of ether oxygens (including phenoxy) is 1. The van der Waals surface area contributed by atoms with E-state index in [1.54, 1.807) is 4.90 Å². The van der Waals surface area contributed by atoms with Crippen LogP contribution >= 0.6 is 0 Å². The summed E-state index contributed by atoms with van der Waals surface area (Å²) in [7, 11) is 1.20. The summed E-state index contributed by atoms with van der Waals surface area (Å²) >= 11 is 0. The molecule has 0 aliphatic carbocycles. The molecule has 21 heavy (non-hydrogen) atoms. The van der Waals surface area contributed by atoms with E-state index in [0.717, 1.165) is 0 Å². The molecule has 8 heteroatoms. The van der Waals surface area contributed by atoms with Gasteiger partial charge in [-0.15, -0.1) is 0 Å². The van der Waals surface area contributed by atoms with Gasteiger partial charge >= 0.3 is 11.7 Å². The smallest absolute Gasteiger partial charge is 0.339 e. The first-order valence-corrected chi connectivity index (χ1v) is 6.44. The Kier molecular flexibility index (Phi) is 4.33. The third kappa shape index (κ3) is 3.08. The minimum Gasteiger partial charge on any atom is -0.465 e. The van der Waals surface area contributed by atoms with Gasteiger partial charge in [-0.3, -0.25) is 10.1 Å². The van der Waals surface area contributed by atoms with Crippen molar-refractivity contribution in [2.45, 2.75) is 12.8 Å². The van der Waals surface area contributed by atoms with E-state index in [1.165, 1.54) is 19.4 Å². The first-order valence-electron chi connectivity index (χ1n) is 6.44. The molecule has 0 saturated carbocycles. The molecular weight excluding hydrogens is 276 g/mol. The van der Waals surface area contributed by atoms with E-state index in [0.29, 0.717) is 25.9 Å². The molecule has 0 unspecified atom stereocenters. The zero-order valence-electron chi connectivity index (χ0n) is 11.5. The van der Waals surface area contributed by atoms with Gasteiger partial charge in [-0.05, 0) is 12.8 Å². The van der Waals surface area contributed by atoms with Gasteiger partial charge < -0.3 is 9.64 Å². The van der Waals surface area contributed by atoms with Crippen molar-refractivity contribution in [2.24, 2.45) is 5.92 Å². The van der Waals surface area contributed by atoms with Gasteiger partial charge in [0.05, 0.1) is 23.7 Å². The topological polar surface area (TPSA) is 109 Å². The molecule has 2 heterocycles. The van der Waals surface area contributed by atoms with Crippen molar-refractivity contribution < 1.29 is 14.5 Å². The molecule has 0 spiro atoms. The molecule has 110 valence electrons. The third-order valence-electron chi connectivity index (χ3n) is 3.44. The molecule has 8 nitrogen and oxygen atoms in total. The Morgan fingerprint density at radius 3 is 2.76 bits per heavy atom. The number of esters is 1. The van der Waals surface area contributed by atoms with Crippen LogP contribution in [0, 0.1) is 27.4 Å². The Morgan fingerprint density at radius 1 is 1.57 bits per heavy atom. The lowest BCUT2D eigenvalue weighted by atomic mass is 9.98. The normalized spacial score (nSPS) is 15.3. The van der Waals surface area contributed by atoms with Gasteiger partial charge in [0, 0.05) is 31.3 Å². The summed E-state index contributed by atoms with van der Waals surface area (Å²) in [6.45, 7) is 1.06. The summed E-state index contributed by atoms with van der Waals surface area (Å²) in [6, 6.07) is 3.37. The Morgan fingerprint density at radius 2 is 2.24 bits per heavy atom. The molecule has 0 radical (unpaired) electrons. The number of nitrogens with zero attached hydrogens (tertiary/aromatic N) is 4. The second kappa shape index (κ2) is 6.17. The van der Waals surface area contributed by atoms with Gasteiger partial charge in [-0.25, -0.2) is 9.78 Å². The van der Waals surface area contributed by atoms with Crippen molar-refractivity contribution in [3.8, 4) is 6.07 Å². The van der Waals surface area contributed by atoms with E-state index >= 15 is 0 Å². The van der Waals surface area contributed by atoms with Gasteiger partial charge in [-0.2, -0.15) is 5.26 Å². The molecule has 2 rings (SSSR count). The monoisotopic (exact) mass is 290 g/mol. The number of carbonyl (C=O) groups is 1. The van der Waals surface area contributed by atoms with Crippen molar-refractivity contribution in [2.75, 3.05) is 25.1 Å². The highest BCUT2D eigenvalue weighted by Crippen LogP contribution is 2.30. The standard InChI is InChI=1S/C13H14N4O4/c1-21-13(18)10-6-11(17(19)20)12(15-8-10)16-4-2-9(7-14)3-5-16/h6,8-9H,2-5H2,1H3. The van der Waals surface area contributed by atoms with Crippen molar-refractivity contribution in [3.63, 3.8) is 0 Å². The molecule has 0 N–H and O–H groups in total. The number of nitro groups is 1. The summed E-state index contributed by atoms with van der Waals surface area (Å²) in [5.74, 6) is -0.459. The second-order valence-electron chi connectivity index (χ2n) is 4.71. The average Bonchev–Trinajstić information content (AvgIpc) is 2.53. The van der Waals surface area contributed by atoms with Gasteiger partial charge in [-0.1, -0.05) is 0 Å². The number of nitriles is 1. The number of hydrogen-bond acceptors (Lipinski definition) is 7. The molecule has 0 bridgehead atoms. The van der Waals surface area contributed by atoms with E-state index < -0.39 is 10.9 Å². The zero-order valence-corrected chi connectivity index (χ0v) is 11.5. The van der Waals surface area contributed by atoms with Crippen LogP contribution in [0.5, 0.6) is 0 Å². The minimum absolute atomic E-state index is 0.0188. The number of aromatic nitrogens is 1. The first-order chi connectivity index (χ1) is 10.1. The van der Waals surface area contributed by atoms with Crippen LogP contribution < -0.4 is 4.90 Å². The number of methoxy groups -OCH3 is 1. The van der Waals surface area contributed by atoms with Gasteiger partial charge in [0.15, 0.2) is 0 Å². The highest BCUT2D eigenvalue weighted by molar-refractivity contribution is 5.90. The molecule has 1 saturated heterocycles. The van der Waals surface area contributed by atoms with E-state index in [-0.39, 0.29) is 23.0 Å². The van der Waals surface area contributed by atoms with Crippen molar-refractivity contribution in [1.82, 2.24) is 4.98 Å². The van der Waals surface area contributed by atoms with Gasteiger partial charge in [0.25, 0.3) is 0 Å². The summed E-state index contributed by atoms with van der Waals surface area (Å²) in [6.07, 6.45) is 2.56. The molecule has 1 fully saturated rings. The van der Waals surface area contributed by atoms with E-state index in [9.17, 15) is 14.9 Å². The molecule has 0 aromatic carbocycles. The quantitative estimate of drug-likeness (QED) is 0.471. The van der Waals surface area contributed by atoms with Crippen LogP contribution in [0.4, 0.5) is 11.5 Å². The van der Waals surface area contributed by atoms with Crippen LogP contribution in [-0.4, -0.2) is 36.1 Å². The number of rotatable bonds is 3. The van der Waals surface area contributed by atoms with Crippen LogP contribution in [0.15, 0.2) is 12.3 Å². The summed E-state index contributed by atoms with van der Waals surface area (Å²) in [5, 5.41) is 20.1. The summed E-state index contributed by atoms with van der Waals surface area (Å²) in [5.41, 5.74) is -0.187. The fraction of sp³-hybridized carbons (Fsp3) is 0.462. The van der Waals surface area contributed by atoms with Crippen LogP contribution in [0.1, 0.15) is 23.2 Å². The molecule has 1 aliphatic rings. The predicted octanol–water partition coefficient (Wildman–Crippen LogP) is 1.52. The highest BCUT2D eigenvalue weighted by Gasteiger charge is 2.27. The Bertz CT molecular complexity index is 603. The zero-order chi connectivity index (χ0) is 15.4. The number of piperidine rings is 1. The second-order valence-corrected chi connectivity index (χ2v) is 4.71. The van der Waals surface area contributed by atoms with E-state index in [1.807, 2.05) is 0 Å². The summed E-state index contributed by atoms with van der Waals surface area (Å²) < 4.78 is 4.53. The Balaban J connectivity index is 2.29. The molecule has 1 aromatic heterocycles. The minimum atomic E-state index is -0.666. The SMILES string of the molecule is COC(=O)c1cnc(N2CCC(C#N)CC2)c([N+](=O)[O-])c1. The number of anilines is 1. The van der Waals surface area contributed by atoms with Crippen LogP contribution in [0.25, 0.3) is 0 Å². The van der Waals surface area contributed by atoms with Crippen molar-refractivity contribution in [1.29, 1.82) is 5.26 Å². The third-order valence-corrected chi connectivity index (χ3v) is 3.44. The van der Waals surface area contributed by atoms with Gasteiger partial charge in [0.2, 0.25) is 5.82 Å². The largest absolute Gasteiger partial charge is 0.465 e. The number of hydrogen-bond donors (Lipinski definition) is 0. The molecule has 0 atom stereocenters. The van der Waals surface area contributed by atoms with Crippen LogP contribution in [0.3, 0.4) is 0 Å². The number of carbonyl (C=O) groups excluding carboxylic acids is 1. The van der Waals surface area contributed by atoms with Gasteiger partial charge in [0.1, 0.15) is 0 Å². The van der Waals surface area contributed by atoms with E-state index in [4.69, 9.17) is 5.26 Å². The van der Waals surface area contributed by atoms with Crippen LogP contribution in [-0.2, 0) is 4.74 Å². The lowest BCUT2D eigenvalue weighted by Gasteiger charge is -2.29. The van der Waals surface area contributed by atoms with E-state index in [2.05, 4.69) is 15.8 Å². The fourth-order valence-electron chi connectivity index (χ4n) is 2.27. The molecule has 1 aromatic rings. The lowest BCUT2D eigenvalue weighted by molar-refractivity contribution is -0.384. The molecule has 1 aliphatic heterocycles. The summed E-state index contributed by atoms with van der Waals surface area (Å²) in [4.78, 5) is 27.9. The fourth-order valence-corrected chi connectivity index (χ4v) is 2.27. The average molecular weight is 290 g/mol. The van der Waals surface area contributed by atoms with Crippen molar-refractivity contribution >= 4 is 17.5 Å². The maximum atomic E-state index is 11.4. The molecular formula is C13H14N4O4. The molecule has 0 amide bonds. The van der Waals surface area contributed by atoms with Crippen LogP contribution in [0.2, 0.25) is 0 Å². The lowest BCUT2D eigenvalue weighted by Crippen LogP contribution is -2.34. The Labute approximate surface area is 121 Å². The first kappa shape index (κ1) is 14.7. The maximum absolute atomic E-state index is 11.4. The predicted molar refractivity (Wildman–Crippen MR) is 72.8 cm³/mol. The number of pyridine rings is 1. The van der Waals surface area contributed by atoms with Crippen molar-refractivity contribution in [3.05, 3.63) is 27.9 Å². The maximum Gasteiger partial charge on any atom is 0.339 e. The highest BCUT2D eigenvalue weighted by atomic mass is 16.6.